The molecular formula is C27H28N2O4S. The van der Waals surface area contributed by atoms with E-state index < -0.39 is 29.3 Å². The summed E-state index contributed by atoms with van der Waals surface area (Å²) in [4.78, 5) is 31.2. The number of hydrogen-bond donors (Lipinski definition) is 1. The average Bonchev–Trinajstić information content (AvgIpc) is 3.34. The third-order valence-electron chi connectivity index (χ3n) is 6.51. The molecule has 2 heterocycles. The number of carbonyl (C=O) groups is 2. The van der Waals surface area contributed by atoms with Gasteiger partial charge in [-0.15, -0.1) is 11.3 Å². The first kappa shape index (κ1) is 23.7. The standard InChI is InChI=1S/C27H28N2O4S/c1-16-11-9-10-14-19(16)20-15-34-26(28-20)27(3)23(25(31)33-5)22(18-12-7-6-8-13-18)21(17(2)29-27)24(30)32-4/h6-15,22-23,29H,1-5H3. The smallest absolute Gasteiger partial charge is 0.336 e. The first-order chi connectivity index (χ1) is 16.3. The minimum absolute atomic E-state index is 0.414. The minimum Gasteiger partial charge on any atom is -0.469 e. The van der Waals surface area contributed by atoms with Crippen molar-refractivity contribution in [1.29, 1.82) is 0 Å². The zero-order valence-electron chi connectivity index (χ0n) is 19.9. The van der Waals surface area contributed by atoms with Crippen LogP contribution < -0.4 is 5.32 Å². The molecule has 1 aromatic heterocycles. The zero-order chi connectivity index (χ0) is 24.5. The molecular weight excluding hydrogens is 448 g/mol. The number of esters is 2. The number of ether oxygens (including phenoxy) is 2. The number of rotatable bonds is 5. The molecule has 176 valence electrons. The predicted molar refractivity (Wildman–Crippen MR) is 132 cm³/mol. The fourth-order valence-electron chi connectivity index (χ4n) is 4.86. The normalized spacial score (nSPS) is 22.1. The van der Waals surface area contributed by atoms with Gasteiger partial charge in [-0.1, -0.05) is 54.6 Å². The van der Waals surface area contributed by atoms with E-state index in [1.807, 2.05) is 80.7 Å². The number of aryl methyl sites for hydroxylation is 1. The maximum Gasteiger partial charge on any atom is 0.336 e. The molecule has 4 rings (SSSR count). The van der Waals surface area contributed by atoms with Crippen LogP contribution in [0.25, 0.3) is 11.3 Å². The van der Waals surface area contributed by atoms with Crippen molar-refractivity contribution in [3.05, 3.63) is 87.4 Å². The van der Waals surface area contributed by atoms with Crippen LogP contribution in [0.2, 0.25) is 0 Å². The highest BCUT2D eigenvalue weighted by Gasteiger charge is 2.54. The van der Waals surface area contributed by atoms with Gasteiger partial charge in [0.15, 0.2) is 0 Å². The lowest BCUT2D eigenvalue weighted by molar-refractivity contribution is -0.150. The quantitative estimate of drug-likeness (QED) is 0.525. The van der Waals surface area contributed by atoms with Gasteiger partial charge >= 0.3 is 11.9 Å². The minimum atomic E-state index is -0.916. The molecule has 6 nitrogen and oxygen atoms in total. The average molecular weight is 477 g/mol. The van der Waals surface area contributed by atoms with Crippen molar-refractivity contribution >= 4 is 23.3 Å². The Morgan fingerprint density at radius 2 is 1.68 bits per heavy atom. The summed E-state index contributed by atoms with van der Waals surface area (Å²) in [5, 5.41) is 6.19. The van der Waals surface area contributed by atoms with Gasteiger partial charge in [0.05, 0.1) is 31.4 Å². The highest BCUT2D eigenvalue weighted by molar-refractivity contribution is 7.10. The van der Waals surface area contributed by atoms with E-state index in [0.29, 0.717) is 11.3 Å². The van der Waals surface area contributed by atoms with Crippen LogP contribution in [0.1, 0.15) is 35.9 Å². The van der Waals surface area contributed by atoms with Crippen LogP contribution in [-0.2, 0) is 24.6 Å². The molecule has 0 amide bonds. The third-order valence-corrected chi connectivity index (χ3v) is 7.59. The first-order valence-corrected chi connectivity index (χ1v) is 11.9. The molecule has 0 saturated heterocycles. The summed E-state index contributed by atoms with van der Waals surface area (Å²) in [6, 6.07) is 17.6. The molecule has 1 aliphatic heterocycles. The largest absolute Gasteiger partial charge is 0.469 e. The molecule has 0 spiro atoms. The predicted octanol–water partition coefficient (Wildman–Crippen LogP) is 4.96. The second-order valence-electron chi connectivity index (χ2n) is 8.60. The molecule has 1 N–H and O–H groups in total. The van der Waals surface area contributed by atoms with Gasteiger partial charge in [-0.2, -0.15) is 0 Å². The van der Waals surface area contributed by atoms with E-state index in [0.717, 1.165) is 27.4 Å². The van der Waals surface area contributed by atoms with Crippen LogP contribution >= 0.6 is 11.3 Å². The van der Waals surface area contributed by atoms with E-state index in [9.17, 15) is 9.59 Å². The van der Waals surface area contributed by atoms with Gasteiger partial charge in [-0.3, -0.25) is 4.79 Å². The van der Waals surface area contributed by atoms with Crippen LogP contribution in [0.5, 0.6) is 0 Å². The van der Waals surface area contributed by atoms with Gasteiger partial charge in [0.1, 0.15) is 10.5 Å². The van der Waals surface area contributed by atoms with Crippen LogP contribution in [0.15, 0.2) is 71.2 Å². The zero-order valence-corrected chi connectivity index (χ0v) is 20.7. The van der Waals surface area contributed by atoms with Gasteiger partial charge in [-0.25, -0.2) is 9.78 Å². The molecule has 7 heteroatoms. The summed E-state index contributed by atoms with van der Waals surface area (Å²) >= 11 is 1.48. The van der Waals surface area contributed by atoms with Crippen molar-refractivity contribution in [3.63, 3.8) is 0 Å². The summed E-state index contributed by atoms with van der Waals surface area (Å²) in [5.41, 5.74) is 3.99. The summed E-state index contributed by atoms with van der Waals surface area (Å²) in [6.45, 7) is 5.83. The number of methoxy groups -OCH3 is 2. The van der Waals surface area contributed by atoms with Gasteiger partial charge in [0.25, 0.3) is 0 Å². The van der Waals surface area contributed by atoms with Crippen molar-refractivity contribution in [3.8, 4) is 11.3 Å². The fourth-order valence-corrected chi connectivity index (χ4v) is 5.84. The summed E-state index contributed by atoms with van der Waals surface area (Å²) in [5.74, 6) is -2.23. The van der Waals surface area contributed by atoms with Crippen LogP contribution in [0.3, 0.4) is 0 Å². The lowest BCUT2D eigenvalue weighted by Crippen LogP contribution is -2.55. The van der Waals surface area contributed by atoms with Crippen molar-refractivity contribution < 1.29 is 19.1 Å². The number of nitrogens with zero attached hydrogens (tertiary/aromatic N) is 1. The Balaban J connectivity index is 1.92. The van der Waals surface area contributed by atoms with Crippen molar-refractivity contribution in [1.82, 2.24) is 10.3 Å². The topological polar surface area (TPSA) is 77.5 Å². The van der Waals surface area contributed by atoms with Gasteiger partial charge in [0, 0.05) is 22.6 Å². The summed E-state index contributed by atoms with van der Waals surface area (Å²) in [7, 11) is 2.72. The number of hydrogen-bond acceptors (Lipinski definition) is 7. The Morgan fingerprint density at radius 3 is 2.32 bits per heavy atom. The maximum absolute atomic E-state index is 13.4. The van der Waals surface area contributed by atoms with E-state index in [-0.39, 0.29) is 0 Å². The number of thiazole rings is 1. The molecule has 0 saturated carbocycles. The van der Waals surface area contributed by atoms with E-state index in [1.165, 1.54) is 25.6 Å². The fraction of sp³-hybridized carbons (Fsp3) is 0.296. The number of carbonyl (C=O) groups excluding carboxylic acids is 2. The molecule has 3 atom stereocenters. The van der Waals surface area contributed by atoms with Crippen molar-refractivity contribution in [2.24, 2.45) is 5.92 Å². The number of aromatic nitrogens is 1. The number of allylic oxidation sites excluding steroid dienone is 1. The second kappa shape index (κ2) is 9.43. The lowest BCUT2D eigenvalue weighted by atomic mass is 9.67. The van der Waals surface area contributed by atoms with Crippen LogP contribution in [0.4, 0.5) is 0 Å². The van der Waals surface area contributed by atoms with Crippen LogP contribution in [0, 0.1) is 12.8 Å². The third kappa shape index (κ3) is 4.01. The summed E-state index contributed by atoms with van der Waals surface area (Å²) in [6.07, 6.45) is 0. The Labute approximate surface area is 203 Å². The maximum atomic E-state index is 13.4. The molecule has 0 fully saturated rings. The molecule has 1 aliphatic rings. The van der Waals surface area contributed by atoms with Gasteiger partial charge in [-0.05, 0) is 31.9 Å². The van der Waals surface area contributed by atoms with Crippen LogP contribution in [-0.4, -0.2) is 31.1 Å². The molecule has 34 heavy (non-hydrogen) atoms. The Morgan fingerprint density at radius 1 is 1.00 bits per heavy atom. The van der Waals surface area contributed by atoms with E-state index >= 15 is 0 Å². The molecule has 0 radical (unpaired) electrons. The first-order valence-electron chi connectivity index (χ1n) is 11.0. The molecule has 2 aromatic carbocycles. The number of nitrogens with one attached hydrogen (secondary N) is 1. The Hall–Kier alpha value is -3.45. The van der Waals surface area contributed by atoms with Crippen molar-refractivity contribution in [2.45, 2.75) is 32.2 Å². The lowest BCUT2D eigenvalue weighted by Gasteiger charge is -2.45. The highest BCUT2D eigenvalue weighted by atomic mass is 32.1. The highest BCUT2D eigenvalue weighted by Crippen LogP contribution is 2.49. The second-order valence-corrected chi connectivity index (χ2v) is 9.46. The van der Waals surface area contributed by atoms with Gasteiger partial charge < -0.3 is 14.8 Å². The molecule has 3 unspecified atom stereocenters. The van der Waals surface area contributed by atoms with E-state index in [4.69, 9.17) is 14.5 Å². The van der Waals surface area contributed by atoms with Crippen molar-refractivity contribution in [2.75, 3.05) is 14.2 Å². The Bertz CT molecular complexity index is 1250. The molecule has 3 aromatic rings. The molecule has 0 bridgehead atoms. The monoisotopic (exact) mass is 476 g/mol. The SMILES string of the molecule is COC(=O)C1=C(C)NC(C)(c2nc(-c3ccccc3C)cs2)C(C(=O)OC)C1c1ccccc1. The van der Waals surface area contributed by atoms with E-state index in [1.54, 1.807) is 0 Å². The van der Waals surface area contributed by atoms with Gasteiger partial charge in [0.2, 0.25) is 0 Å². The Kier molecular flexibility index (Phi) is 6.57. The summed E-state index contributed by atoms with van der Waals surface area (Å²) < 4.78 is 10.4. The van der Waals surface area contributed by atoms with E-state index in [2.05, 4.69) is 5.32 Å². The number of benzene rings is 2. The molecule has 0 aliphatic carbocycles.